The number of carbonyl (C=O) groups is 1. The summed E-state index contributed by atoms with van der Waals surface area (Å²) in [4.78, 5) is 24.8. The molecule has 0 saturated carbocycles. The van der Waals surface area contributed by atoms with E-state index in [1.165, 1.54) is 0 Å². The molecule has 0 aliphatic carbocycles. The van der Waals surface area contributed by atoms with Crippen LogP contribution >= 0.6 is 11.6 Å². The third kappa shape index (κ3) is 4.28. The average molecular weight is 451 g/mol. The predicted molar refractivity (Wildman–Crippen MR) is 101 cm³/mol. The molecule has 1 fully saturated rings. The average Bonchev–Trinajstić information content (AvgIpc) is 3.09. The van der Waals surface area contributed by atoms with Crippen molar-refractivity contribution in [3.8, 4) is 0 Å². The van der Waals surface area contributed by atoms with E-state index in [4.69, 9.17) is 11.6 Å². The maximum Gasteiger partial charge on any atom is 0.417 e. The fourth-order valence-electron chi connectivity index (χ4n) is 3.71. The highest BCUT2D eigenvalue weighted by atomic mass is 35.5. The first-order valence-electron chi connectivity index (χ1n) is 8.69. The summed E-state index contributed by atoms with van der Waals surface area (Å²) < 4.78 is 64.9. The van der Waals surface area contributed by atoms with Crippen molar-refractivity contribution in [2.45, 2.75) is 39.0 Å². The van der Waals surface area contributed by atoms with Gasteiger partial charge in [-0.25, -0.2) is 8.42 Å². The van der Waals surface area contributed by atoms with Crippen LogP contribution in [-0.4, -0.2) is 34.8 Å². The van der Waals surface area contributed by atoms with Crippen LogP contribution in [0.5, 0.6) is 0 Å². The number of pyridine rings is 1. The van der Waals surface area contributed by atoms with Gasteiger partial charge in [0.15, 0.2) is 15.6 Å². The Morgan fingerprint density at radius 2 is 1.93 bits per heavy atom. The Hall–Kier alpha value is -2.07. The molecule has 0 N–H and O–H groups in total. The van der Waals surface area contributed by atoms with Gasteiger partial charge in [-0.05, 0) is 32.4 Å². The van der Waals surface area contributed by atoms with Gasteiger partial charge in [0.25, 0.3) is 5.56 Å². The van der Waals surface area contributed by atoms with Crippen LogP contribution in [0.1, 0.15) is 39.8 Å². The van der Waals surface area contributed by atoms with Crippen LogP contribution in [0.2, 0.25) is 5.02 Å². The number of rotatable bonds is 4. The van der Waals surface area contributed by atoms with Gasteiger partial charge in [0.2, 0.25) is 0 Å². The molecule has 158 valence electrons. The van der Waals surface area contributed by atoms with Gasteiger partial charge < -0.3 is 9.13 Å². The number of nitrogens with zero attached hydrogens (tertiary/aromatic N) is 2. The molecule has 1 aliphatic rings. The second kappa shape index (κ2) is 7.32. The van der Waals surface area contributed by atoms with Crippen LogP contribution in [0.4, 0.5) is 13.2 Å². The van der Waals surface area contributed by atoms with Crippen LogP contribution in [0.15, 0.2) is 23.1 Å². The maximum absolute atomic E-state index is 13.0. The van der Waals surface area contributed by atoms with E-state index < -0.39 is 44.5 Å². The van der Waals surface area contributed by atoms with E-state index in [0.29, 0.717) is 34.6 Å². The molecule has 0 spiro atoms. The van der Waals surface area contributed by atoms with Crippen LogP contribution in [0.25, 0.3) is 0 Å². The summed E-state index contributed by atoms with van der Waals surface area (Å²) in [6.45, 7) is 2.75. The van der Waals surface area contributed by atoms with Crippen molar-refractivity contribution >= 4 is 27.2 Å². The van der Waals surface area contributed by atoms with Crippen molar-refractivity contribution in [2.75, 3.05) is 11.5 Å². The Balaban J connectivity index is 1.94. The largest absolute Gasteiger partial charge is 0.417 e. The molecule has 2 aromatic rings. The quantitative estimate of drug-likeness (QED) is 0.670. The molecule has 6 nitrogen and oxygen atoms in total. The topological polar surface area (TPSA) is 78.1 Å². The van der Waals surface area contributed by atoms with E-state index in [-0.39, 0.29) is 23.1 Å². The number of hydrogen-bond acceptors (Lipinski definition) is 4. The first kappa shape index (κ1) is 21.6. The zero-order chi connectivity index (χ0) is 21.7. The molecule has 1 aliphatic heterocycles. The van der Waals surface area contributed by atoms with Gasteiger partial charge in [0, 0.05) is 29.2 Å². The van der Waals surface area contributed by atoms with Crippen LogP contribution in [-0.2, 0) is 22.6 Å². The summed E-state index contributed by atoms with van der Waals surface area (Å²) in [5.74, 6) is -0.529. The van der Waals surface area contributed by atoms with Crippen molar-refractivity contribution in [1.82, 2.24) is 9.13 Å². The van der Waals surface area contributed by atoms with Crippen molar-refractivity contribution < 1.29 is 26.4 Å². The number of halogens is 4. The molecule has 1 saturated heterocycles. The molecule has 0 amide bonds. The number of ketones is 1. The molecule has 2 aromatic heterocycles. The summed E-state index contributed by atoms with van der Waals surface area (Å²) in [6.07, 6.45) is -3.73. The van der Waals surface area contributed by atoms with Gasteiger partial charge in [-0.3, -0.25) is 9.59 Å². The second-order valence-electron chi connectivity index (χ2n) is 7.14. The van der Waals surface area contributed by atoms with Gasteiger partial charge in [-0.1, -0.05) is 11.6 Å². The fraction of sp³-hybridized carbons (Fsp3) is 0.444. The van der Waals surface area contributed by atoms with E-state index in [0.717, 1.165) is 0 Å². The molecule has 29 heavy (non-hydrogen) atoms. The third-order valence-electron chi connectivity index (χ3n) is 5.04. The number of alkyl halides is 3. The van der Waals surface area contributed by atoms with Crippen LogP contribution in [0, 0.1) is 13.8 Å². The lowest BCUT2D eigenvalue weighted by atomic mass is 10.1. The maximum atomic E-state index is 13.0. The Kier molecular flexibility index (Phi) is 5.46. The minimum absolute atomic E-state index is 0.0281. The summed E-state index contributed by atoms with van der Waals surface area (Å²) >= 11 is 5.62. The summed E-state index contributed by atoms with van der Waals surface area (Å²) in [5, 5.41) is -0.630. The smallest absolute Gasteiger partial charge is 0.344 e. The van der Waals surface area contributed by atoms with Crippen molar-refractivity contribution in [3.63, 3.8) is 0 Å². The zero-order valence-electron chi connectivity index (χ0n) is 15.6. The molecular weight excluding hydrogens is 433 g/mol. The monoisotopic (exact) mass is 450 g/mol. The SMILES string of the molecule is Cc1cc(C(=O)Cn2cc(C(F)(F)F)cc(Cl)c2=O)c(C)n1[C@H]1CCS(=O)(=O)C1. The second-order valence-corrected chi connectivity index (χ2v) is 9.78. The van der Waals surface area contributed by atoms with Gasteiger partial charge in [0.1, 0.15) is 5.02 Å². The highest BCUT2D eigenvalue weighted by Crippen LogP contribution is 2.31. The first-order valence-corrected chi connectivity index (χ1v) is 10.9. The van der Waals surface area contributed by atoms with E-state index in [1.807, 2.05) is 0 Å². The van der Waals surface area contributed by atoms with Crippen LogP contribution in [0.3, 0.4) is 0 Å². The van der Waals surface area contributed by atoms with Crippen LogP contribution < -0.4 is 5.56 Å². The van der Waals surface area contributed by atoms with Gasteiger partial charge >= 0.3 is 6.18 Å². The fourth-order valence-corrected chi connectivity index (χ4v) is 5.64. The summed E-state index contributed by atoms with van der Waals surface area (Å²) in [5.41, 5.74) is -0.615. The molecule has 3 heterocycles. The molecule has 11 heteroatoms. The van der Waals surface area contributed by atoms with Gasteiger partial charge in [-0.15, -0.1) is 0 Å². The first-order chi connectivity index (χ1) is 13.3. The molecule has 0 unspecified atom stereocenters. The number of carbonyl (C=O) groups excluding carboxylic acids is 1. The Morgan fingerprint density at radius 1 is 1.28 bits per heavy atom. The molecule has 3 rings (SSSR count). The van der Waals surface area contributed by atoms with E-state index in [2.05, 4.69) is 0 Å². The summed E-state index contributed by atoms with van der Waals surface area (Å²) in [6, 6.07) is 1.78. The number of sulfone groups is 1. The predicted octanol–water partition coefficient (Wildman–Crippen LogP) is 3.18. The van der Waals surface area contributed by atoms with Crippen molar-refractivity contribution in [1.29, 1.82) is 0 Å². The lowest BCUT2D eigenvalue weighted by molar-refractivity contribution is -0.138. The number of aromatic nitrogens is 2. The van der Waals surface area contributed by atoms with Crippen molar-refractivity contribution in [3.05, 3.63) is 56.2 Å². The minimum atomic E-state index is -4.72. The highest BCUT2D eigenvalue weighted by Gasteiger charge is 2.33. The Labute approximate surface area is 169 Å². The highest BCUT2D eigenvalue weighted by molar-refractivity contribution is 7.91. The lowest BCUT2D eigenvalue weighted by Gasteiger charge is -2.16. The normalized spacial score (nSPS) is 18.9. The molecule has 1 atom stereocenters. The molecule has 0 radical (unpaired) electrons. The van der Waals surface area contributed by atoms with Gasteiger partial charge in [0.05, 0.1) is 23.6 Å². The number of hydrogen-bond donors (Lipinski definition) is 0. The standard InChI is InChI=1S/C18H18ClF3N2O4S/c1-10-5-14(11(2)24(10)13-3-4-29(27,28)9-13)16(25)8-23-7-12(18(20,21)22)6-15(19)17(23)26/h5-7,13H,3-4,8-9H2,1-2H3/t13-/m0/s1. The van der Waals surface area contributed by atoms with E-state index in [1.54, 1.807) is 24.5 Å². The molecule has 0 aromatic carbocycles. The third-order valence-corrected chi connectivity index (χ3v) is 7.06. The lowest BCUT2D eigenvalue weighted by Crippen LogP contribution is -2.26. The van der Waals surface area contributed by atoms with Gasteiger partial charge in [-0.2, -0.15) is 13.2 Å². The van der Waals surface area contributed by atoms with E-state index >= 15 is 0 Å². The zero-order valence-corrected chi connectivity index (χ0v) is 17.2. The summed E-state index contributed by atoms with van der Waals surface area (Å²) in [7, 11) is -3.14. The Bertz CT molecular complexity index is 1150. The number of Topliss-reactive ketones (excluding diaryl/α,β-unsaturated/α-hetero) is 1. The number of aryl methyl sites for hydroxylation is 1. The molecular formula is C18H18ClF3N2O4S. The van der Waals surface area contributed by atoms with Crippen molar-refractivity contribution in [2.24, 2.45) is 0 Å². The minimum Gasteiger partial charge on any atom is -0.344 e. The Morgan fingerprint density at radius 3 is 2.48 bits per heavy atom. The van der Waals surface area contributed by atoms with E-state index in [9.17, 15) is 31.2 Å². The molecule has 0 bridgehead atoms.